The summed E-state index contributed by atoms with van der Waals surface area (Å²) in [6.45, 7) is 0.744. The number of hydrazine groups is 1. The van der Waals surface area contributed by atoms with Gasteiger partial charge in [-0.1, -0.05) is 15.9 Å². The molecule has 0 saturated carbocycles. The summed E-state index contributed by atoms with van der Waals surface area (Å²) in [6.07, 6.45) is 1.63. The van der Waals surface area contributed by atoms with Crippen molar-refractivity contribution in [3.63, 3.8) is 0 Å². The zero-order chi connectivity index (χ0) is 17.1. The summed E-state index contributed by atoms with van der Waals surface area (Å²) in [7, 11) is 0. The number of rotatable bonds is 3. The number of carboxylic acid groups (broad SMARTS) is 1. The molecule has 1 saturated heterocycles. The number of hydrogen-bond acceptors (Lipinski definition) is 5. The fourth-order valence-corrected chi connectivity index (χ4v) is 2.95. The third-order valence-corrected chi connectivity index (χ3v) is 4.45. The van der Waals surface area contributed by atoms with Gasteiger partial charge in [0.25, 0.3) is 0 Å². The highest BCUT2D eigenvalue weighted by Crippen LogP contribution is 2.19. The van der Waals surface area contributed by atoms with E-state index >= 15 is 0 Å². The van der Waals surface area contributed by atoms with E-state index < -0.39 is 6.09 Å². The number of nitrogens with one attached hydrogen (secondary N) is 2. The van der Waals surface area contributed by atoms with Gasteiger partial charge in [0.05, 0.1) is 17.2 Å². The number of nitrogens with zero attached hydrogens (tertiary/aromatic N) is 3. The zero-order valence-electron chi connectivity index (χ0n) is 12.7. The van der Waals surface area contributed by atoms with E-state index in [1.54, 1.807) is 6.20 Å². The van der Waals surface area contributed by atoms with Gasteiger partial charge in [0.15, 0.2) is 5.82 Å². The van der Waals surface area contributed by atoms with Crippen LogP contribution in [-0.2, 0) is 4.79 Å². The summed E-state index contributed by atoms with van der Waals surface area (Å²) < 4.78 is 0.899. The minimum atomic E-state index is -0.940. The summed E-state index contributed by atoms with van der Waals surface area (Å²) in [4.78, 5) is 33.0. The molecule has 2 heterocycles. The molecule has 0 radical (unpaired) electrons. The molecule has 2 aromatic rings. The van der Waals surface area contributed by atoms with Gasteiger partial charge in [0.1, 0.15) is 0 Å². The molecule has 1 aromatic heterocycles. The van der Waals surface area contributed by atoms with Crippen LogP contribution in [0.15, 0.2) is 28.9 Å². The molecule has 1 aliphatic heterocycles. The number of benzene rings is 1. The number of anilines is 1. The average molecular weight is 394 g/mol. The van der Waals surface area contributed by atoms with E-state index in [4.69, 9.17) is 5.11 Å². The van der Waals surface area contributed by atoms with Crippen molar-refractivity contribution < 1.29 is 14.7 Å². The average Bonchev–Trinajstić information content (AvgIpc) is 2.59. The summed E-state index contributed by atoms with van der Waals surface area (Å²) in [5.41, 5.74) is 6.86. The maximum absolute atomic E-state index is 12.2. The van der Waals surface area contributed by atoms with Gasteiger partial charge in [-0.25, -0.2) is 9.78 Å². The highest BCUT2D eigenvalue weighted by Gasteiger charge is 2.27. The maximum Gasteiger partial charge on any atom is 0.407 e. The standard InChI is InChI=1S/C15H16BrN5O3/c16-10-1-2-11-12(7-10)18-13(8-17-11)19-20-14(22)9-3-5-21(6-4-9)15(23)24/h1-2,7-9H,3-6H2,(H,18,19)(H,20,22)(H,23,24). The predicted octanol–water partition coefficient (Wildman–Crippen LogP) is 2.23. The fourth-order valence-electron chi connectivity index (χ4n) is 2.61. The fraction of sp³-hybridized carbons (Fsp3) is 0.333. The number of carbonyl (C=O) groups is 2. The van der Waals surface area contributed by atoms with Crippen LogP contribution in [0.4, 0.5) is 10.6 Å². The number of hydrogen-bond donors (Lipinski definition) is 3. The minimum Gasteiger partial charge on any atom is -0.465 e. The minimum absolute atomic E-state index is 0.170. The van der Waals surface area contributed by atoms with E-state index in [9.17, 15) is 9.59 Å². The molecular weight excluding hydrogens is 378 g/mol. The monoisotopic (exact) mass is 393 g/mol. The number of amides is 2. The van der Waals surface area contributed by atoms with E-state index in [-0.39, 0.29) is 11.8 Å². The predicted molar refractivity (Wildman–Crippen MR) is 91.3 cm³/mol. The van der Waals surface area contributed by atoms with Crippen LogP contribution in [0.25, 0.3) is 11.0 Å². The molecule has 3 rings (SSSR count). The molecule has 1 aliphatic rings. The van der Waals surface area contributed by atoms with E-state index in [1.165, 1.54) is 4.90 Å². The van der Waals surface area contributed by atoms with Gasteiger partial charge in [0.2, 0.25) is 5.91 Å². The normalized spacial score (nSPS) is 15.3. The van der Waals surface area contributed by atoms with Crippen LogP contribution in [0.5, 0.6) is 0 Å². The van der Waals surface area contributed by atoms with E-state index in [1.807, 2.05) is 18.2 Å². The molecule has 126 valence electrons. The van der Waals surface area contributed by atoms with Crippen molar-refractivity contribution in [3.8, 4) is 0 Å². The van der Waals surface area contributed by atoms with Crippen molar-refractivity contribution in [1.82, 2.24) is 20.3 Å². The first-order chi connectivity index (χ1) is 11.5. The lowest BCUT2D eigenvalue weighted by atomic mass is 9.96. The first kappa shape index (κ1) is 16.4. The molecular formula is C15H16BrN5O3. The second kappa shape index (κ2) is 7.00. The van der Waals surface area contributed by atoms with Crippen LogP contribution in [-0.4, -0.2) is 45.1 Å². The second-order valence-corrected chi connectivity index (χ2v) is 6.46. The third-order valence-electron chi connectivity index (χ3n) is 3.95. The molecule has 24 heavy (non-hydrogen) atoms. The van der Waals surface area contributed by atoms with Gasteiger partial charge < -0.3 is 10.0 Å². The Balaban J connectivity index is 1.57. The smallest absolute Gasteiger partial charge is 0.407 e. The van der Waals surface area contributed by atoms with Crippen LogP contribution in [0.3, 0.4) is 0 Å². The molecule has 8 nitrogen and oxygen atoms in total. The van der Waals surface area contributed by atoms with E-state index in [0.717, 1.165) is 9.99 Å². The molecule has 9 heteroatoms. The summed E-state index contributed by atoms with van der Waals surface area (Å²) >= 11 is 3.38. The Morgan fingerprint density at radius 2 is 2.00 bits per heavy atom. The molecule has 0 unspecified atom stereocenters. The number of halogens is 1. The van der Waals surface area contributed by atoms with Gasteiger partial charge in [-0.05, 0) is 31.0 Å². The quantitative estimate of drug-likeness (QED) is 0.690. The second-order valence-electron chi connectivity index (χ2n) is 5.55. The first-order valence-electron chi connectivity index (χ1n) is 7.49. The molecule has 0 atom stereocenters. The van der Waals surface area contributed by atoms with Crippen LogP contribution in [0, 0.1) is 5.92 Å². The van der Waals surface area contributed by atoms with Crippen molar-refractivity contribution in [2.24, 2.45) is 5.92 Å². The lowest BCUT2D eigenvalue weighted by Gasteiger charge is -2.29. The van der Waals surface area contributed by atoms with Gasteiger partial charge in [-0.2, -0.15) is 0 Å². The van der Waals surface area contributed by atoms with Crippen LogP contribution < -0.4 is 10.9 Å². The topological polar surface area (TPSA) is 107 Å². The Hall–Kier alpha value is -2.42. The maximum atomic E-state index is 12.2. The number of aromatic nitrogens is 2. The highest BCUT2D eigenvalue weighted by molar-refractivity contribution is 9.10. The van der Waals surface area contributed by atoms with Crippen molar-refractivity contribution in [2.45, 2.75) is 12.8 Å². The van der Waals surface area contributed by atoms with Crippen molar-refractivity contribution in [1.29, 1.82) is 0 Å². The third kappa shape index (κ3) is 3.73. The SMILES string of the molecule is O=C(NNc1cnc2ccc(Br)cc2n1)C1CCN(C(=O)O)CC1. The summed E-state index contributed by atoms with van der Waals surface area (Å²) in [6, 6.07) is 5.58. The van der Waals surface area contributed by atoms with E-state index in [0.29, 0.717) is 37.3 Å². The molecule has 0 spiro atoms. The Bertz CT molecular complexity index is 777. The highest BCUT2D eigenvalue weighted by atomic mass is 79.9. The van der Waals surface area contributed by atoms with E-state index in [2.05, 4.69) is 36.7 Å². The number of piperidine rings is 1. The van der Waals surface area contributed by atoms with Crippen molar-refractivity contribution in [2.75, 3.05) is 18.5 Å². The Morgan fingerprint density at radius 1 is 1.25 bits per heavy atom. The number of carbonyl (C=O) groups excluding carboxylic acids is 1. The van der Waals surface area contributed by atoms with Crippen molar-refractivity contribution >= 4 is 44.8 Å². The Kier molecular flexibility index (Phi) is 4.79. The summed E-state index contributed by atoms with van der Waals surface area (Å²) in [5.74, 6) is 0.0590. The molecule has 3 N–H and O–H groups in total. The molecule has 0 bridgehead atoms. The lowest BCUT2D eigenvalue weighted by molar-refractivity contribution is -0.125. The number of likely N-dealkylation sites (tertiary alicyclic amines) is 1. The summed E-state index contributed by atoms with van der Waals surface area (Å²) in [5, 5.41) is 8.92. The largest absolute Gasteiger partial charge is 0.465 e. The Labute approximate surface area is 146 Å². The van der Waals surface area contributed by atoms with Gasteiger partial charge >= 0.3 is 6.09 Å². The van der Waals surface area contributed by atoms with Crippen LogP contribution >= 0.6 is 15.9 Å². The van der Waals surface area contributed by atoms with Gasteiger partial charge in [-0.3, -0.25) is 20.6 Å². The number of fused-ring (bicyclic) bond motifs is 1. The first-order valence-corrected chi connectivity index (χ1v) is 8.28. The molecule has 0 aliphatic carbocycles. The molecule has 2 amide bonds. The van der Waals surface area contributed by atoms with Gasteiger partial charge in [-0.15, -0.1) is 0 Å². The van der Waals surface area contributed by atoms with Gasteiger partial charge in [0, 0.05) is 23.5 Å². The van der Waals surface area contributed by atoms with Crippen molar-refractivity contribution in [3.05, 3.63) is 28.9 Å². The molecule has 1 fully saturated rings. The Morgan fingerprint density at radius 3 is 2.71 bits per heavy atom. The van der Waals surface area contributed by atoms with Crippen LogP contribution in [0.2, 0.25) is 0 Å². The van der Waals surface area contributed by atoms with Crippen LogP contribution in [0.1, 0.15) is 12.8 Å². The molecule has 1 aromatic carbocycles. The zero-order valence-corrected chi connectivity index (χ0v) is 14.3. The lowest BCUT2D eigenvalue weighted by Crippen LogP contribution is -2.43.